The first kappa shape index (κ1) is 22.1. The van der Waals surface area contributed by atoms with Gasteiger partial charge in [0.1, 0.15) is 18.5 Å². The Morgan fingerprint density at radius 2 is 2.06 bits per heavy atom. The van der Waals surface area contributed by atoms with Crippen LogP contribution < -0.4 is 20.7 Å². The van der Waals surface area contributed by atoms with Crippen molar-refractivity contribution in [2.75, 3.05) is 31.3 Å². The summed E-state index contributed by atoms with van der Waals surface area (Å²) < 4.78 is 12.1. The molecular weight excluding hydrogens is 432 g/mol. The van der Waals surface area contributed by atoms with E-state index in [-0.39, 0.29) is 49.1 Å². The Balaban J connectivity index is 1.48. The molecule has 1 saturated heterocycles. The van der Waals surface area contributed by atoms with Gasteiger partial charge in [0.2, 0.25) is 5.91 Å². The number of nitrogens with zero attached hydrogens (tertiary/aromatic N) is 1. The highest BCUT2D eigenvalue weighted by Gasteiger charge is 2.39. The molecule has 0 aliphatic carbocycles. The van der Waals surface area contributed by atoms with Gasteiger partial charge in [-0.3, -0.25) is 14.9 Å². The van der Waals surface area contributed by atoms with Gasteiger partial charge >= 0.3 is 6.03 Å². The highest BCUT2D eigenvalue weighted by Crippen LogP contribution is 2.32. The number of nitrogens with one attached hydrogen (secondary N) is 3. The molecule has 3 atom stereocenters. The van der Waals surface area contributed by atoms with Gasteiger partial charge < -0.3 is 25.0 Å². The minimum absolute atomic E-state index is 0.0712. The number of ether oxygens (including phenoxy) is 2. The first-order valence-corrected chi connectivity index (χ1v) is 11.3. The van der Waals surface area contributed by atoms with Crippen LogP contribution in [0.2, 0.25) is 0 Å². The molecule has 0 radical (unpaired) electrons. The smallest absolute Gasteiger partial charge is 0.324 e. The van der Waals surface area contributed by atoms with Crippen LogP contribution in [0.1, 0.15) is 29.6 Å². The second-order valence-corrected chi connectivity index (χ2v) is 8.76. The van der Waals surface area contributed by atoms with E-state index >= 15 is 0 Å². The summed E-state index contributed by atoms with van der Waals surface area (Å²) in [5.74, 6) is 0.157. The van der Waals surface area contributed by atoms with Crippen LogP contribution in [0.3, 0.4) is 0 Å². The summed E-state index contributed by atoms with van der Waals surface area (Å²) in [5, 5.41) is 10.7. The van der Waals surface area contributed by atoms with Crippen LogP contribution in [0.5, 0.6) is 5.75 Å². The van der Waals surface area contributed by atoms with Crippen LogP contribution in [0.4, 0.5) is 15.5 Å². The predicted molar refractivity (Wildman–Crippen MR) is 121 cm³/mol. The fourth-order valence-electron chi connectivity index (χ4n) is 4.04. The zero-order chi connectivity index (χ0) is 22.7. The number of carbonyl (C=O) groups excluding carboxylic acids is 3. The van der Waals surface area contributed by atoms with Gasteiger partial charge in [-0.25, -0.2) is 4.79 Å². The molecule has 1 aromatic heterocycles. The van der Waals surface area contributed by atoms with Crippen LogP contribution in [0.15, 0.2) is 35.7 Å². The van der Waals surface area contributed by atoms with Gasteiger partial charge in [0.05, 0.1) is 29.1 Å². The SMILES string of the molecule is CNC(=O)C[C@H]1CC[C@H]2[C@@H](COc3ccc(NC(=O)Nc4cccs4)cc3C(=O)N2C)O1. The molecule has 32 heavy (non-hydrogen) atoms. The van der Waals surface area contributed by atoms with Gasteiger partial charge in [-0.1, -0.05) is 0 Å². The van der Waals surface area contributed by atoms with Gasteiger partial charge in [-0.05, 0) is 48.6 Å². The van der Waals surface area contributed by atoms with Crippen molar-refractivity contribution < 1.29 is 23.9 Å². The molecule has 0 spiro atoms. The van der Waals surface area contributed by atoms with E-state index in [0.29, 0.717) is 29.8 Å². The zero-order valence-electron chi connectivity index (χ0n) is 17.9. The van der Waals surface area contributed by atoms with Crippen molar-refractivity contribution in [1.82, 2.24) is 10.2 Å². The highest BCUT2D eigenvalue weighted by molar-refractivity contribution is 7.14. The lowest BCUT2D eigenvalue weighted by Gasteiger charge is -2.42. The minimum atomic E-state index is -0.386. The number of carbonyl (C=O) groups is 3. The number of urea groups is 1. The summed E-state index contributed by atoms with van der Waals surface area (Å²) in [5.41, 5.74) is 0.873. The van der Waals surface area contributed by atoms with E-state index in [0.717, 1.165) is 5.00 Å². The fraction of sp³-hybridized carbons (Fsp3) is 0.409. The van der Waals surface area contributed by atoms with Crippen molar-refractivity contribution in [2.24, 2.45) is 0 Å². The number of anilines is 2. The Kier molecular flexibility index (Phi) is 6.61. The van der Waals surface area contributed by atoms with E-state index < -0.39 is 0 Å². The van der Waals surface area contributed by atoms with Crippen LogP contribution in [0, 0.1) is 0 Å². The van der Waals surface area contributed by atoms with Crippen LogP contribution in [0.25, 0.3) is 0 Å². The van der Waals surface area contributed by atoms with Gasteiger partial charge in [-0.2, -0.15) is 0 Å². The largest absolute Gasteiger partial charge is 0.490 e. The lowest BCUT2D eigenvalue weighted by molar-refractivity contribution is -0.133. The van der Waals surface area contributed by atoms with E-state index in [9.17, 15) is 14.4 Å². The summed E-state index contributed by atoms with van der Waals surface area (Å²) in [4.78, 5) is 38.9. The van der Waals surface area contributed by atoms with Gasteiger partial charge in [0, 0.05) is 19.8 Å². The van der Waals surface area contributed by atoms with E-state index in [1.807, 2.05) is 11.4 Å². The Bertz CT molecular complexity index is 996. The van der Waals surface area contributed by atoms with Crippen molar-refractivity contribution in [3.8, 4) is 5.75 Å². The molecule has 3 N–H and O–H groups in total. The van der Waals surface area contributed by atoms with Gasteiger partial charge in [0.25, 0.3) is 5.91 Å². The molecule has 2 aromatic rings. The maximum atomic E-state index is 13.2. The van der Waals surface area contributed by atoms with E-state index in [4.69, 9.17) is 9.47 Å². The molecular formula is C22H26N4O5S. The Hall–Kier alpha value is -3.11. The Morgan fingerprint density at radius 3 is 2.81 bits per heavy atom. The first-order valence-electron chi connectivity index (χ1n) is 10.5. The quantitative estimate of drug-likeness (QED) is 0.653. The molecule has 4 amide bonds. The third kappa shape index (κ3) is 4.86. The first-order chi connectivity index (χ1) is 15.4. The molecule has 9 nitrogen and oxygen atoms in total. The summed E-state index contributed by atoms with van der Waals surface area (Å²) in [6.07, 6.45) is 1.17. The topological polar surface area (TPSA) is 109 Å². The molecule has 4 rings (SSSR count). The van der Waals surface area contributed by atoms with E-state index in [1.165, 1.54) is 11.3 Å². The van der Waals surface area contributed by atoms with Crippen LogP contribution >= 0.6 is 11.3 Å². The maximum absolute atomic E-state index is 13.2. The third-order valence-electron chi connectivity index (χ3n) is 5.72. The molecule has 0 bridgehead atoms. The third-order valence-corrected chi connectivity index (χ3v) is 6.50. The normalized spacial score (nSPS) is 22.5. The van der Waals surface area contributed by atoms with Crippen molar-refractivity contribution >= 4 is 39.9 Å². The maximum Gasteiger partial charge on any atom is 0.324 e. The van der Waals surface area contributed by atoms with Crippen LogP contribution in [-0.4, -0.2) is 61.7 Å². The fourth-order valence-corrected chi connectivity index (χ4v) is 4.65. The Labute approximate surface area is 190 Å². The summed E-state index contributed by atoms with van der Waals surface area (Å²) >= 11 is 1.42. The number of fused-ring (bicyclic) bond motifs is 2. The molecule has 1 aromatic carbocycles. The summed E-state index contributed by atoms with van der Waals surface area (Å²) in [6.45, 7) is 0.269. The lowest BCUT2D eigenvalue weighted by atomic mass is 9.94. The molecule has 0 unspecified atom stereocenters. The predicted octanol–water partition coefficient (Wildman–Crippen LogP) is 2.91. The van der Waals surface area contributed by atoms with Gasteiger partial charge in [0.15, 0.2) is 0 Å². The second kappa shape index (κ2) is 9.58. The molecule has 1 fully saturated rings. The molecule has 170 valence electrons. The number of rotatable bonds is 4. The van der Waals surface area contributed by atoms with Crippen LogP contribution in [-0.2, 0) is 9.53 Å². The monoisotopic (exact) mass is 458 g/mol. The Morgan fingerprint density at radius 1 is 1.22 bits per heavy atom. The molecule has 3 heterocycles. The number of thiophene rings is 1. The van der Waals surface area contributed by atoms with Crippen molar-refractivity contribution in [3.05, 3.63) is 41.3 Å². The molecule has 2 aliphatic heterocycles. The van der Waals surface area contributed by atoms with Crippen molar-refractivity contribution in [3.63, 3.8) is 0 Å². The zero-order valence-corrected chi connectivity index (χ0v) is 18.7. The number of hydrogen-bond donors (Lipinski definition) is 3. The molecule has 10 heteroatoms. The number of likely N-dealkylation sites (N-methyl/N-ethyl adjacent to an activating group) is 1. The molecule has 0 saturated carbocycles. The highest BCUT2D eigenvalue weighted by atomic mass is 32.1. The second-order valence-electron chi connectivity index (χ2n) is 7.81. The number of benzene rings is 1. The standard InChI is InChI=1S/C22H26N4O5S/c1-23-19(27)11-14-6-7-16-18(31-14)12-30-17-8-5-13(10-15(17)21(28)26(16)2)24-22(29)25-20-4-3-9-32-20/h3-5,8-10,14,16,18H,6-7,11-12H2,1-2H3,(H,23,27)(H2,24,25,29)/t14-,16+,18-/m1/s1. The average molecular weight is 459 g/mol. The van der Waals surface area contributed by atoms with Gasteiger partial charge in [-0.15, -0.1) is 11.3 Å². The van der Waals surface area contributed by atoms with E-state index in [1.54, 1.807) is 43.3 Å². The average Bonchev–Trinajstić information content (AvgIpc) is 3.29. The number of hydrogen-bond acceptors (Lipinski definition) is 6. The number of amides is 4. The summed E-state index contributed by atoms with van der Waals surface area (Å²) in [6, 6.07) is 8.10. The molecule has 2 aliphatic rings. The lowest BCUT2D eigenvalue weighted by Crippen LogP contribution is -2.53. The van der Waals surface area contributed by atoms with E-state index in [2.05, 4.69) is 16.0 Å². The minimum Gasteiger partial charge on any atom is -0.490 e. The van der Waals surface area contributed by atoms with Crippen molar-refractivity contribution in [2.45, 2.75) is 37.5 Å². The summed E-state index contributed by atoms with van der Waals surface area (Å²) in [7, 11) is 3.35. The van der Waals surface area contributed by atoms with Crippen molar-refractivity contribution in [1.29, 1.82) is 0 Å².